The van der Waals surface area contributed by atoms with Gasteiger partial charge in [0.15, 0.2) is 17.3 Å². The van der Waals surface area contributed by atoms with E-state index in [1.807, 2.05) is 0 Å². The molecule has 0 saturated heterocycles. The van der Waals surface area contributed by atoms with Crippen LogP contribution < -0.4 is 14.2 Å². The number of hydrogen-bond acceptors (Lipinski definition) is 8. The summed E-state index contributed by atoms with van der Waals surface area (Å²) in [6.07, 6.45) is -2.93. The van der Waals surface area contributed by atoms with Crippen molar-refractivity contribution in [2.24, 2.45) is 0 Å². The van der Waals surface area contributed by atoms with Gasteiger partial charge in [-0.1, -0.05) is 16.8 Å². The lowest BCUT2D eigenvalue weighted by Crippen LogP contribution is -2.16. The Labute approximate surface area is 182 Å². The van der Waals surface area contributed by atoms with Crippen LogP contribution in [-0.4, -0.2) is 26.2 Å². The van der Waals surface area contributed by atoms with Gasteiger partial charge in [-0.05, 0) is 48.5 Å². The number of halogens is 1. The Morgan fingerprint density at radius 1 is 1.41 bits per heavy atom. The van der Waals surface area contributed by atoms with Crippen LogP contribution in [0.25, 0.3) is 0 Å². The van der Waals surface area contributed by atoms with E-state index in [2.05, 4.69) is 9.88 Å². The van der Waals surface area contributed by atoms with E-state index in [1.54, 1.807) is 0 Å². The molecule has 0 amide bonds. The minimum Gasteiger partial charge on any atom is -0.454 e. The lowest BCUT2D eigenvalue weighted by Gasteiger charge is -2.09. The monoisotopic (exact) mass is 459 g/mol. The molecule has 11 heteroatoms. The van der Waals surface area contributed by atoms with E-state index in [9.17, 15) is 13.2 Å². The predicted molar refractivity (Wildman–Crippen MR) is 107 cm³/mol. The number of nitrogens with one attached hydrogen (secondary N) is 1. The van der Waals surface area contributed by atoms with Crippen molar-refractivity contribution in [2.45, 2.75) is 25.0 Å². The summed E-state index contributed by atoms with van der Waals surface area (Å²) in [4.78, 5) is 12.3. The molecule has 0 bridgehead atoms. The fourth-order valence-corrected chi connectivity index (χ4v) is 4.99. The molecule has 152 valence electrons. The van der Waals surface area contributed by atoms with Crippen LogP contribution in [0.15, 0.2) is 33.0 Å². The van der Waals surface area contributed by atoms with Crippen molar-refractivity contribution in [1.82, 2.24) is 5.16 Å². The van der Waals surface area contributed by atoms with Gasteiger partial charge >= 0.3 is 0 Å². The van der Waals surface area contributed by atoms with Crippen molar-refractivity contribution in [3.8, 4) is 11.5 Å². The summed E-state index contributed by atoms with van der Waals surface area (Å²) in [5.74, 6) is -1.46. The molecule has 3 aromatic rings. The smallest absolute Gasteiger partial charge is 0.265 e. The number of sulfonamides is 1. The molecule has 0 unspecified atom stereocenters. The van der Waals surface area contributed by atoms with Crippen LogP contribution in [0.2, 0.25) is 5.02 Å². The fraction of sp³-hybridized carbons (Fsp3) is 0.222. The van der Waals surface area contributed by atoms with E-state index in [0.717, 1.165) is 18.2 Å². The number of hydrogen-bond donors (Lipinski definition) is 1. The SMILES string of the molecule is [2H]C([2H])([2H])c1cc2c(cc1C([2H])([2H])C(=O)c1sccc1S(=O)(=O)Nc1onc(C)c1Cl)OCO2. The first kappa shape index (κ1) is 14.4. The zero-order valence-electron chi connectivity index (χ0n) is 19.6. The number of aryl methyl sites for hydroxylation is 2. The predicted octanol–water partition coefficient (Wildman–Crippen LogP) is 3.96. The summed E-state index contributed by atoms with van der Waals surface area (Å²) in [5, 5.41) is 4.75. The summed E-state index contributed by atoms with van der Waals surface area (Å²) < 4.78 is 83.6. The Hall–Kier alpha value is -2.56. The number of nitrogens with zero attached hydrogens (tertiary/aromatic N) is 1. The van der Waals surface area contributed by atoms with Crippen molar-refractivity contribution in [3.05, 3.63) is 50.3 Å². The molecule has 1 aromatic carbocycles. The molecule has 3 heterocycles. The highest BCUT2D eigenvalue weighted by molar-refractivity contribution is 7.93. The van der Waals surface area contributed by atoms with Crippen LogP contribution in [0, 0.1) is 13.8 Å². The molecule has 1 aliphatic heterocycles. The third kappa shape index (κ3) is 3.70. The van der Waals surface area contributed by atoms with Gasteiger partial charge in [-0.15, -0.1) is 11.3 Å². The van der Waals surface area contributed by atoms with E-state index in [4.69, 9.17) is 32.5 Å². The highest BCUT2D eigenvalue weighted by atomic mass is 35.5. The number of fused-ring (bicyclic) bond motifs is 1. The number of anilines is 1. The molecule has 0 fully saturated rings. The molecule has 0 radical (unpaired) electrons. The summed E-state index contributed by atoms with van der Waals surface area (Å²) in [5.41, 5.74) is -0.712. The van der Waals surface area contributed by atoms with Crippen molar-refractivity contribution < 1.29 is 34.1 Å². The first-order valence-electron chi connectivity index (χ1n) is 10.4. The molecule has 2 aromatic heterocycles. The molecule has 8 nitrogen and oxygen atoms in total. The van der Waals surface area contributed by atoms with Gasteiger partial charge in [0, 0.05) is 13.2 Å². The molecule has 4 rings (SSSR count). The van der Waals surface area contributed by atoms with Crippen molar-refractivity contribution in [2.75, 3.05) is 11.5 Å². The molecular formula is C18H15ClN2O6S2. The van der Waals surface area contributed by atoms with Crippen molar-refractivity contribution in [3.63, 3.8) is 0 Å². The van der Waals surface area contributed by atoms with Gasteiger partial charge in [-0.25, -0.2) is 13.1 Å². The molecule has 0 spiro atoms. The number of carbonyl (C=O) groups excluding carboxylic acids is 1. The maximum atomic E-state index is 13.3. The highest BCUT2D eigenvalue weighted by Crippen LogP contribution is 2.36. The van der Waals surface area contributed by atoms with E-state index in [1.165, 1.54) is 12.3 Å². The molecule has 29 heavy (non-hydrogen) atoms. The lowest BCUT2D eigenvalue weighted by molar-refractivity contribution is 0.0994. The lowest BCUT2D eigenvalue weighted by atomic mass is 10.0. The van der Waals surface area contributed by atoms with E-state index >= 15 is 0 Å². The molecule has 1 N–H and O–H groups in total. The number of Topliss-reactive ketones (excluding diaryl/α,β-unsaturated/α-hetero) is 1. The topological polar surface area (TPSA) is 108 Å². The minimum atomic E-state index is -4.45. The number of ketones is 1. The summed E-state index contributed by atoms with van der Waals surface area (Å²) in [6, 6.07) is 3.29. The third-order valence-electron chi connectivity index (χ3n) is 3.90. The molecule has 0 saturated carbocycles. The molecule has 0 atom stereocenters. The zero-order chi connectivity index (χ0) is 25.1. The van der Waals surface area contributed by atoms with Gasteiger partial charge in [0.2, 0.25) is 6.79 Å². The molecule has 0 aliphatic carbocycles. The molecule has 1 aliphatic rings. The zero-order valence-corrected chi connectivity index (χ0v) is 17.0. The third-order valence-corrected chi connectivity index (χ3v) is 6.76. The highest BCUT2D eigenvalue weighted by Gasteiger charge is 2.27. The Morgan fingerprint density at radius 3 is 2.86 bits per heavy atom. The van der Waals surface area contributed by atoms with Gasteiger partial charge < -0.3 is 14.0 Å². The minimum absolute atomic E-state index is 0.0655. The number of ether oxygens (including phenoxy) is 2. The van der Waals surface area contributed by atoms with Crippen molar-refractivity contribution >= 4 is 44.6 Å². The maximum absolute atomic E-state index is 13.3. The van der Waals surface area contributed by atoms with Crippen LogP contribution >= 0.6 is 22.9 Å². The Kier molecular flexibility index (Phi) is 3.66. The average molecular weight is 460 g/mol. The largest absolute Gasteiger partial charge is 0.454 e. The second kappa shape index (κ2) is 7.36. The van der Waals surface area contributed by atoms with Gasteiger partial charge in [0.25, 0.3) is 15.9 Å². The summed E-state index contributed by atoms with van der Waals surface area (Å²) in [7, 11) is -4.45. The van der Waals surface area contributed by atoms with E-state index < -0.39 is 49.9 Å². The van der Waals surface area contributed by atoms with Crippen LogP contribution in [0.4, 0.5) is 5.88 Å². The Morgan fingerprint density at radius 2 is 2.17 bits per heavy atom. The number of aromatic nitrogens is 1. The van der Waals surface area contributed by atoms with Gasteiger partial charge in [-0.2, -0.15) is 0 Å². The summed E-state index contributed by atoms with van der Waals surface area (Å²) >= 11 is 6.64. The van der Waals surface area contributed by atoms with Crippen LogP contribution in [0.3, 0.4) is 0 Å². The second-order valence-electron chi connectivity index (χ2n) is 5.84. The quantitative estimate of drug-likeness (QED) is 0.555. The second-order valence-corrected chi connectivity index (χ2v) is 8.78. The fourth-order valence-electron chi connectivity index (χ4n) is 2.50. The van der Waals surface area contributed by atoms with Crippen LogP contribution in [0.5, 0.6) is 11.5 Å². The van der Waals surface area contributed by atoms with Crippen molar-refractivity contribution in [1.29, 1.82) is 0 Å². The maximum Gasteiger partial charge on any atom is 0.265 e. The first-order valence-corrected chi connectivity index (χ1v) is 10.7. The van der Waals surface area contributed by atoms with Crippen LogP contribution in [0.1, 0.15) is 33.3 Å². The number of thiophene rings is 1. The number of rotatable bonds is 6. The van der Waals surface area contributed by atoms with Gasteiger partial charge in [0.05, 0.1) is 4.88 Å². The average Bonchev–Trinajstić information content (AvgIpc) is 3.48. The Bertz CT molecular complexity index is 1400. The first-order chi connectivity index (χ1) is 15.7. The standard InChI is InChI=1S/C18H15ClN2O6S2/c1-9-5-13-14(26-8-25-13)7-11(9)6-12(22)17-15(3-4-28-17)29(23,24)21-18-16(19)10(2)20-27-18/h3-5,7,21H,6,8H2,1-2H3/i1D3,6D2. The Balaban J connectivity index is 1.77. The normalized spacial score (nSPS) is 16.4. The number of carbonyl (C=O) groups is 1. The number of benzene rings is 1. The van der Waals surface area contributed by atoms with Crippen LogP contribution in [-0.2, 0) is 16.4 Å². The summed E-state index contributed by atoms with van der Waals surface area (Å²) in [6.45, 7) is -1.50. The van der Waals surface area contributed by atoms with E-state index in [0.29, 0.717) is 11.3 Å². The van der Waals surface area contributed by atoms with E-state index in [-0.39, 0.29) is 34.9 Å². The van der Waals surface area contributed by atoms with Gasteiger partial charge in [-0.3, -0.25) is 4.79 Å². The molecular weight excluding hydrogens is 440 g/mol. The van der Waals surface area contributed by atoms with Gasteiger partial charge in [0.1, 0.15) is 15.6 Å².